The van der Waals surface area contributed by atoms with Crippen molar-refractivity contribution in [2.75, 3.05) is 12.0 Å². The van der Waals surface area contributed by atoms with E-state index in [1.54, 1.807) is 44.7 Å². The molecule has 1 aromatic carbocycles. The van der Waals surface area contributed by atoms with Crippen molar-refractivity contribution in [3.8, 4) is 5.75 Å². The summed E-state index contributed by atoms with van der Waals surface area (Å²) in [7, 11) is 0. The predicted molar refractivity (Wildman–Crippen MR) is 118 cm³/mol. The smallest absolute Gasteiger partial charge is 0.408 e. The molecule has 0 spiro atoms. The molecule has 0 fully saturated rings. The van der Waals surface area contributed by atoms with E-state index in [0.717, 1.165) is 11.1 Å². The Labute approximate surface area is 180 Å². The molecule has 0 radical (unpaired) electrons. The summed E-state index contributed by atoms with van der Waals surface area (Å²) in [6.45, 7) is 8.98. The topological polar surface area (TPSA) is 94.8 Å². The summed E-state index contributed by atoms with van der Waals surface area (Å²) in [5, 5.41) is 3.19. The number of ether oxygens (including phenoxy) is 2. The van der Waals surface area contributed by atoms with E-state index in [-0.39, 0.29) is 0 Å². The number of carbonyl (C=O) groups is 2. The number of fused-ring (bicyclic) bond motifs is 1. The summed E-state index contributed by atoms with van der Waals surface area (Å²) in [6.07, 6.45) is 2.19. The van der Waals surface area contributed by atoms with E-state index in [2.05, 4.69) is 5.32 Å². The van der Waals surface area contributed by atoms with Crippen LogP contribution in [-0.2, 0) is 16.0 Å². The predicted octanol–water partition coefficient (Wildman–Crippen LogP) is 4.22. The molecule has 1 aromatic heterocycles. The largest absolute Gasteiger partial charge is 0.444 e. The lowest BCUT2D eigenvalue weighted by Gasteiger charge is -2.23. The van der Waals surface area contributed by atoms with Crippen LogP contribution >= 0.6 is 11.8 Å². The Kier molecular flexibility index (Phi) is 7.95. The van der Waals surface area contributed by atoms with Crippen LogP contribution in [0.3, 0.4) is 0 Å². The molecule has 7 nitrogen and oxygen atoms in total. The fourth-order valence-electron chi connectivity index (χ4n) is 2.94. The molecule has 8 heteroatoms. The monoisotopic (exact) mass is 435 g/mol. The van der Waals surface area contributed by atoms with Crippen LogP contribution in [0.5, 0.6) is 5.75 Å². The number of carbonyl (C=O) groups excluding carboxylic acids is 2. The highest BCUT2D eigenvalue weighted by Crippen LogP contribution is 2.30. The molecule has 0 aliphatic rings. The first kappa shape index (κ1) is 23.8. The van der Waals surface area contributed by atoms with E-state index in [0.29, 0.717) is 35.3 Å². The van der Waals surface area contributed by atoms with Crippen molar-refractivity contribution in [2.24, 2.45) is 0 Å². The summed E-state index contributed by atoms with van der Waals surface area (Å²) >= 11 is 1.56. The average molecular weight is 436 g/mol. The molecule has 0 bridgehead atoms. The van der Waals surface area contributed by atoms with Crippen molar-refractivity contribution in [1.82, 2.24) is 5.32 Å². The molecule has 0 aliphatic carbocycles. The summed E-state index contributed by atoms with van der Waals surface area (Å²) in [4.78, 5) is 37.0. The SMILES string of the molecule is CCc1cc(=O)oc2cc(C)cc(OC(=O)C(CCSC)NC(=O)OC(C)(C)C)c12. The van der Waals surface area contributed by atoms with E-state index in [1.165, 1.54) is 6.07 Å². The van der Waals surface area contributed by atoms with Crippen LogP contribution in [0, 0.1) is 6.92 Å². The highest BCUT2D eigenvalue weighted by molar-refractivity contribution is 7.98. The lowest BCUT2D eigenvalue weighted by Crippen LogP contribution is -2.45. The maximum Gasteiger partial charge on any atom is 0.408 e. The van der Waals surface area contributed by atoms with Gasteiger partial charge in [0.15, 0.2) is 0 Å². The first-order valence-electron chi connectivity index (χ1n) is 9.81. The van der Waals surface area contributed by atoms with E-state index in [4.69, 9.17) is 13.9 Å². The standard InChI is InChI=1S/C22H29NO6S/c1-7-14-12-18(24)27-16-10-13(2)11-17(19(14)16)28-20(25)15(8-9-30-6)23-21(26)29-22(3,4)5/h10-12,15H,7-9H2,1-6H3,(H,23,26). The molecule has 30 heavy (non-hydrogen) atoms. The van der Waals surface area contributed by atoms with Gasteiger partial charge in [-0.15, -0.1) is 0 Å². The van der Waals surface area contributed by atoms with Gasteiger partial charge in [-0.2, -0.15) is 11.8 Å². The molecule has 0 saturated heterocycles. The number of nitrogens with one attached hydrogen (secondary N) is 1. The number of amides is 1. The summed E-state index contributed by atoms with van der Waals surface area (Å²) in [5.41, 5.74) is 0.736. The van der Waals surface area contributed by atoms with Gasteiger partial charge >= 0.3 is 17.7 Å². The van der Waals surface area contributed by atoms with Crippen LogP contribution in [0.15, 0.2) is 27.4 Å². The lowest BCUT2D eigenvalue weighted by molar-refractivity contribution is -0.136. The van der Waals surface area contributed by atoms with Crippen LogP contribution < -0.4 is 15.7 Å². The van der Waals surface area contributed by atoms with Crippen LogP contribution in [0.1, 0.15) is 45.2 Å². The maximum absolute atomic E-state index is 12.9. The molecule has 0 saturated carbocycles. The van der Waals surface area contributed by atoms with Crippen molar-refractivity contribution >= 4 is 34.8 Å². The van der Waals surface area contributed by atoms with Gasteiger partial charge in [-0.1, -0.05) is 6.92 Å². The molecule has 2 rings (SSSR count). The minimum absolute atomic E-state index is 0.302. The fraction of sp³-hybridized carbons (Fsp3) is 0.500. The normalized spacial score (nSPS) is 12.5. The first-order chi connectivity index (χ1) is 14.0. The molecule has 1 atom stereocenters. The molecular formula is C22H29NO6S. The third-order valence-corrected chi connectivity index (χ3v) is 4.86. The van der Waals surface area contributed by atoms with Gasteiger partial charge in [0.25, 0.3) is 0 Å². The average Bonchev–Trinajstić information content (AvgIpc) is 2.62. The van der Waals surface area contributed by atoms with E-state index in [9.17, 15) is 14.4 Å². The van der Waals surface area contributed by atoms with Gasteiger partial charge in [-0.05, 0) is 75.8 Å². The van der Waals surface area contributed by atoms with Gasteiger partial charge in [0, 0.05) is 6.07 Å². The van der Waals surface area contributed by atoms with E-state index >= 15 is 0 Å². The molecule has 1 amide bonds. The molecule has 1 N–H and O–H groups in total. The number of aryl methyl sites for hydroxylation is 2. The number of rotatable bonds is 7. The van der Waals surface area contributed by atoms with Gasteiger partial charge in [0.2, 0.25) is 0 Å². The Morgan fingerprint density at radius 2 is 1.93 bits per heavy atom. The maximum atomic E-state index is 12.9. The van der Waals surface area contributed by atoms with Crippen LogP contribution in [0.2, 0.25) is 0 Å². The zero-order chi connectivity index (χ0) is 22.5. The molecule has 1 unspecified atom stereocenters. The van der Waals surface area contributed by atoms with Crippen LogP contribution in [0.25, 0.3) is 11.0 Å². The quantitative estimate of drug-likeness (QED) is 0.395. The number of hydrogen-bond donors (Lipinski definition) is 1. The zero-order valence-electron chi connectivity index (χ0n) is 18.3. The summed E-state index contributed by atoms with van der Waals surface area (Å²) in [6, 6.07) is 3.98. The number of esters is 1. The Morgan fingerprint density at radius 1 is 1.23 bits per heavy atom. The number of hydrogen-bond acceptors (Lipinski definition) is 7. The Morgan fingerprint density at radius 3 is 2.53 bits per heavy atom. The third kappa shape index (κ3) is 6.52. The molecule has 164 valence electrons. The molecule has 2 aromatic rings. The van der Waals surface area contributed by atoms with Crippen molar-refractivity contribution in [1.29, 1.82) is 0 Å². The zero-order valence-corrected chi connectivity index (χ0v) is 19.1. The van der Waals surface area contributed by atoms with Crippen molar-refractivity contribution in [2.45, 2.75) is 59.1 Å². The van der Waals surface area contributed by atoms with Gasteiger partial charge < -0.3 is 19.2 Å². The fourth-order valence-corrected chi connectivity index (χ4v) is 3.41. The summed E-state index contributed by atoms with van der Waals surface area (Å²) < 4.78 is 16.3. The van der Waals surface area contributed by atoms with Crippen molar-refractivity contribution in [3.63, 3.8) is 0 Å². The highest BCUT2D eigenvalue weighted by Gasteiger charge is 2.26. The van der Waals surface area contributed by atoms with Crippen molar-refractivity contribution in [3.05, 3.63) is 39.7 Å². The molecular weight excluding hydrogens is 406 g/mol. The van der Waals surface area contributed by atoms with E-state index in [1.807, 2.05) is 20.1 Å². The second kappa shape index (κ2) is 10.0. The van der Waals surface area contributed by atoms with Gasteiger partial charge in [0.05, 0.1) is 5.39 Å². The van der Waals surface area contributed by atoms with Gasteiger partial charge in [-0.3, -0.25) is 0 Å². The minimum Gasteiger partial charge on any atom is -0.444 e. The minimum atomic E-state index is -0.872. The Hall–Kier alpha value is -2.48. The summed E-state index contributed by atoms with van der Waals surface area (Å²) in [5.74, 6) is 0.352. The number of alkyl carbamates (subject to hydrolysis) is 1. The number of benzene rings is 1. The van der Waals surface area contributed by atoms with E-state index < -0.39 is 29.3 Å². The second-order valence-corrected chi connectivity index (χ2v) is 8.97. The Balaban J connectivity index is 2.35. The molecule has 1 heterocycles. The second-order valence-electron chi connectivity index (χ2n) is 7.98. The van der Waals surface area contributed by atoms with Gasteiger partial charge in [-0.25, -0.2) is 14.4 Å². The first-order valence-corrected chi connectivity index (χ1v) is 11.2. The van der Waals surface area contributed by atoms with Gasteiger partial charge in [0.1, 0.15) is 23.0 Å². The number of thioether (sulfide) groups is 1. The lowest BCUT2D eigenvalue weighted by atomic mass is 10.0. The van der Waals surface area contributed by atoms with Crippen LogP contribution in [-0.4, -0.2) is 35.7 Å². The molecule has 0 aliphatic heterocycles. The highest BCUT2D eigenvalue weighted by atomic mass is 32.2. The van der Waals surface area contributed by atoms with Crippen LogP contribution in [0.4, 0.5) is 4.79 Å². The van der Waals surface area contributed by atoms with Crippen molar-refractivity contribution < 1.29 is 23.5 Å². The third-order valence-electron chi connectivity index (χ3n) is 4.21. The Bertz CT molecular complexity index is 976.